The average Bonchev–Trinajstić information content (AvgIpc) is 2.01. The number of carbonyl (C=O) groups excluding carboxylic acids is 1. The fraction of sp³-hybridized carbons (Fsp3) is 0.571. The highest BCUT2D eigenvalue weighted by Gasteiger charge is 1.98. The number of rotatable bonds is 4. The number of hydrogen-bond donors (Lipinski definition) is 0. The molecule has 0 spiro atoms. The Hall–Kier alpha value is -0.210. The normalized spacial score (nSPS) is 11.4. The maximum atomic E-state index is 10.5. The van der Waals surface area contributed by atoms with Crippen molar-refractivity contribution in [3.8, 4) is 0 Å². The van der Waals surface area contributed by atoms with Crippen molar-refractivity contribution < 1.29 is 9.08 Å². The Kier molecular flexibility index (Phi) is 6.37. The van der Waals surface area contributed by atoms with E-state index in [2.05, 4.69) is 4.29 Å². The lowest BCUT2D eigenvalue weighted by atomic mass is 10.3. The van der Waals surface area contributed by atoms with Crippen LogP contribution in [0.15, 0.2) is 11.1 Å². The maximum Gasteiger partial charge on any atom is 0.328 e. The highest BCUT2D eigenvalue weighted by molar-refractivity contribution is 6.29. The molecule has 0 unspecified atom stereocenters. The second-order valence-corrected chi connectivity index (χ2v) is 2.69. The third-order valence-electron chi connectivity index (χ3n) is 1.07. The van der Waals surface area contributed by atoms with Crippen LogP contribution in [-0.2, 0) is 9.08 Å². The summed E-state index contributed by atoms with van der Waals surface area (Å²) in [5, 5.41) is 0.676. The van der Waals surface area contributed by atoms with Gasteiger partial charge in [0, 0.05) is 5.03 Å². The zero-order chi connectivity index (χ0) is 8.69. The van der Waals surface area contributed by atoms with Gasteiger partial charge in [-0.15, -0.1) is 0 Å². The number of carbonyl (C=O) groups is 1. The molecule has 0 saturated carbocycles. The first kappa shape index (κ1) is 10.8. The van der Waals surface area contributed by atoms with Crippen molar-refractivity contribution in [1.82, 2.24) is 0 Å². The Labute approximate surface area is 76.3 Å². The minimum absolute atomic E-state index is 0.141. The number of allylic oxidation sites excluding steroid dienone is 1. The van der Waals surface area contributed by atoms with Crippen LogP contribution in [0.1, 0.15) is 26.2 Å². The molecule has 0 N–H and O–H groups in total. The van der Waals surface area contributed by atoms with Gasteiger partial charge in [0.25, 0.3) is 0 Å². The SMILES string of the molecule is CCCC(Cl)=CCC(=O)OCl. The minimum Gasteiger partial charge on any atom is -0.347 e. The van der Waals surface area contributed by atoms with E-state index >= 15 is 0 Å². The van der Waals surface area contributed by atoms with Crippen LogP contribution in [0.3, 0.4) is 0 Å². The fourth-order valence-corrected chi connectivity index (χ4v) is 0.896. The molecule has 0 aromatic rings. The van der Waals surface area contributed by atoms with E-state index < -0.39 is 5.97 Å². The van der Waals surface area contributed by atoms with Gasteiger partial charge < -0.3 is 4.29 Å². The molecule has 0 atom stereocenters. The molecule has 0 aliphatic heterocycles. The van der Waals surface area contributed by atoms with Gasteiger partial charge in [-0.2, -0.15) is 0 Å². The summed E-state index contributed by atoms with van der Waals surface area (Å²) in [6.07, 6.45) is 3.50. The first-order chi connectivity index (χ1) is 5.20. The highest BCUT2D eigenvalue weighted by Crippen LogP contribution is 2.10. The van der Waals surface area contributed by atoms with Crippen LogP contribution in [-0.4, -0.2) is 5.97 Å². The highest BCUT2D eigenvalue weighted by atomic mass is 35.5. The molecular formula is C7H10Cl2O2. The summed E-state index contributed by atoms with van der Waals surface area (Å²) in [5.41, 5.74) is 0. The van der Waals surface area contributed by atoms with Crippen molar-refractivity contribution in [1.29, 1.82) is 0 Å². The van der Waals surface area contributed by atoms with Gasteiger partial charge in [0.2, 0.25) is 0 Å². The van der Waals surface area contributed by atoms with E-state index in [0.29, 0.717) is 5.03 Å². The van der Waals surface area contributed by atoms with Crippen LogP contribution in [0, 0.1) is 0 Å². The van der Waals surface area contributed by atoms with E-state index in [1.54, 1.807) is 6.08 Å². The molecule has 2 nitrogen and oxygen atoms in total. The van der Waals surface area contributed by atoms with Crippen molar-refractivity contribution in [3.63, 3.8) is 0 Å². The second kappa shape index (κ2) is 6.50. The van der Waals surface area contributed by atoms with Crippen LogP contribution in [0.4, 0.5) is 0 Å². The van der Waals surface area contributed by atoms with E-state index in [0.717, 1.165) is 12.8 Å². The largest absolute Gasteiger partial charge is 0.347 e. The number of hydrogen-bond acceptors (Lipinski definition) is 2. The molecule has 0 rings (SSSR count). The monoisotopic (exact) mass is 196 g/mol. The quantitative estimate of drug-likeness (QED) is 0.692. The van der Waals surface area contributed by atoms with Gasteiger partial charge in [-0.05, 0) is 6.42 Å². The van der Waals surface area contributed by atoms with Gasteiger partial charge in [0.1, 0.15) is 11.9 Å². The third-order valence-corrected chi connectivity index (χ3v) is 1.58. The van der Waals surface area contributed by atoms with Gasteiger partial charge >= 0.3 is 5.97 Å². The molecule has 0 saturated heterocycles. The topological polar surface area (TPSA) is 26.3 Å². The zero-order valence-corrected chi connectivity index (χ0v) is 7.78. The summed E-state index contributed by atoms with van der Waals surface area (Å²) in [6.45, 7) is 2.01. The summed E-state index contributed by atoms with van der Waals surface area (Å²) in [4.78, 5) is 10.5. The van der Waals surface area contributed by atoms with Crippen molar-refractivity contribution in [2.24, 2.45) is 0 Å². The molecule has 64 valence electrons. The maximum absolute atomic E-state index is 10.5. The summed E-state index contributed by atoms with van der Waals surface area (Å²) < 4.78 is 3.91. The van der Waals surface area contributed by atoms with Gasteiger partial charge in [-0.25, -0.2) is 0 Å². The second-order valence-electron chi connectivity index (χ2n) is 2.05. The fourth-order valence-electron chi connectivity index (χ4n) is 0.566. The molecule has 0 radical (unpaired) electrons. The average molecular weight is 197 g/mol. The predicted octanol–water partition coefficient (Wildman–Crippen LogP) is 3.00. The van der Waals surface area contributed by atoms with Crippen LogP contribution >= 0.6 is 23.5 Å². The van der Waals surface area contributed by atoms with Gasteiger partial charge in [0.15, 0.2) is 0 Å². The number of halogens is 2. The molecule has 0 amide bonds. The Morgan fingerprint density at radius 3 is 2.73 bits per heavy atom. The van der Waals surface area contributed by atoms with E-state index in [1.807, 2.05) is 6.92 Å². The van der Waals surface area contributed by atoms with E-state index in [4.69, 9.17) is 23.5 Å². The molecule has 0 aromatic carbocycles. The Morgan fingerprint density at radius 1 is 1.64 bits per heavy atom. The predicted molar refractivity (Wildman–Crippen MR) is 45.4 cm³/mol. The van der Waals surface area contributed by atoms with Crippen LogP contribution in [0.2, 0.25) is 0 Å². The molecule has 4 heteroatoms. The Bertz CT molecular complexity index is 155. The summed E-state index contributed by atoms with van der Waals surface area (Å²) in [7, 11) is 0. The lowest BCUT2D eigenvalue weighted by molar-refractivity contribution is -0.132. The van der Waals surface area contributed by atoms with Crippen LogP contribution in [0.5, 0.6) is 0 Å². The van der Waals surface area contributed by atoms with E-state index in [-0.39, 0.29) is 6.42 Å². The molecule has 0 heterocycles. The first-order valence-electron chi connectivity index (χ1n) is 3.36. The lowest BCUT2D eigenvalue weighted by Crippen LogP contribution is -1.93. The van der Waals surface area contributed by atoms with Crippen molar-refractivity contribution in [2.75, 3.05) is 0 Å². The van der Waals surface area contributed by atoms with E-state index in [1.165, 1.54) is 0 Å². The Morgan fingerprint density at radius 2 is 2.27 bits per heavy atom. The van der Waals surface area contributed by atoms with Crippen molar-refractivity contribution >= 4 is 29.4 Å². The van der Waals surface area contributed by atoms with Gasteiger partial charge in [0.05, 0.1) is 6.42 Å². The molecule has 0 bridgehead atoms. The Balaban J connectivity index is 3.63. The molecule has 0 aromatic heterocycles. The van der Waals surface area contributed by atoms with Gasteiger partial charge in [-0.1, -0.05) is 31.0 Å². The van der Waals surface area contributed by atoms with Gasteiger partial charge in [-0.3, -0.25) is 4.79 Å². The van der Waals surface area contributed by atoms with Crippen molar-refractivity contribution in [2.45, 2.75) is 26.2 Å². The molecule has 0 fully saturated rings. The molecule has 0 aliphatic rings. The van der Waals surface area contributed by atoms with Crippen LogP contribution < -0.4 is 0 Å². The molecule has 11 heavy (non-hydrogen) atoms. The smallest absolute Gasteiger partial charge is 0.328 e. The standard InChI is InChI=1S/C7H10Cl2O2/c1-2-3-6(8)4-5-7(10)11-9/h4H,2-3,5H2,1H3. The molecule has 0 aliphatic carbocycles. The molecular weight excluding hydrogens is 187 g/mol. The summed E-state index contributed by atoms with van der Waals surface area (Å²) in [6, 6.07) is 0. The van der Waals surface area contributed by atoms with Crippen LogP contribution in [0.25, 0.3) is 0 Å². The third kappa shape index (κ3) is 6.20. The lowest BCUT2D eigenvalue weighted by Gasteiger charge is -1.93. The van der Waals surface area contributed by atoms with E-state index in [9.17, 15) is 4.79 Å². The van der Waals surface area contributed by atoms with Crippen molar-refractivity contribution in [3.05, 3.63) is 11.1 Å². The first-order valence-corrected chi connectivity index (χ1v) is 4.05. The summed E-state index contributed by atoms with van der Waals surface area (Å²) in [5.74, 6) is -0.485. The summed E-state index contributed by atoms with van der Waals surface area (Å²) >= 11 is 10.5. The minimum atomic E-state index is -0.485. The zero-order valence-electron chi connectivity index (χ0n) is 6.27.